The molecule has 2 rings (SSSR count). The highest BCUT2D eigenvalue weighted by Gasteiger charge is 2.06. The number of hydrogen-bond donors (Lipinski definition) is 1. The normalized spacial score (nSPS) is 10.4. The Bertz CT molecular complexity index is 609. The van der Waals surface area contributed by atoms with E-state index in [-0.39, 0.29) is 0 Å². The van der Waals surface area contributed by atoms with E-state index in [1.165, 1.54) is 0 Å². The van der Waals surface area contributed by atoms with Crippen molar-refractivity contribution in [1.82, 2.24) is 10.3 Å². The number of aromatic nitrogens is 1. The molecule has 1 aromatic carbocycles. The SMILES string of the molecule is Cc1nc(CNCc2ccc(C#N)cc2Cl)oc1C. The average Bonchev–Trinajstić information content (AvgIpc) is 2.70. The maximum Gasteiger partial charge on any atom is 0.208 e. The van der Waals surface area contributed by atoms with Gasteiger partial charge in [0.25, 0.3) is 0 Å². The van der Waals surface area contributed by atoms with Crippen LogP contribution in [0.25, 0.3) is 0 Å². The Balaban J connectivity index is 1.94. The molecule has 0 spiro atoms. The van der Waals surface area contributed by atoms with E-state index in [9.17, 15) is 0 Å². The Hall–Kier alpha value is -1.83. The van der Waals surface area contributed by atoms with Crippen LogP contribution < -0.4 is 5.32 Å². The summed E-state index contributed by atoms with van der Waals surface area (Å²) in [5.41, 5.74) is 2.42. The Morgan fingerprint density at radius 3 is 2.74 bits per heavy atom. The molecular formula is C14H14ClN3O. The average molecular weight is 276 g/mol. The Morgan fingerprint density at radius 1 is 1.37 bits per heavy atom. The maximum atomic E-state index is 8.76. The molecule has 0 bridgehead atoms. The molecule has 0 saturated heterocycles. The molecule has 4 nitrogen and oxygen atoms in total. The summed E-state index contributed by atoms with van der Waals surface area (Å²) in [6.07, 6.45) is 0. The Labute approximate surface area is 117 Å². The van der Waals surface area contributed by atoms with Crippen LogP contribution in [-0.2, 0) is 13.1 Å². The number of halogens is 1. The second-order valence-electron chi connectivity index (χ2n) is 4.27. The second kappa shape index (κ2) is 5.87. The van der Waals surface area contributed by atoms with Gasteiger partial charge in [0, 0.05) is 11.6 Å². The quantitative estimate of drug-likeness (QED) is 0.931. The summed E-state index contributed by atoms with van der Waals surface area (Å²) in [4.78, 5) is 4.29. The molecule has 0 amide bonds. The molecule has 5 heteroatoms. The van der Waals surface area contributed by atoms with E-state index in [0.29, 0.717) is 29.6 Å². The smallest absolute Gasteiger partial charge is 0.208 e. The first-order valence-electron chi connectivity index (χ1n) is 5.92. The monoisotopic (exact) mass is 275 g/mol. The molecule has 0 aliphatic heterocycles. The number of nitriles is 1. The molecule has 1 heterocycles. The molecule has 2 aromatic rings. The first-order chi connectivity index (χ1) is 9.10. The molecule has 1 N–H and O–H groups in total. The van der Waals surface area contributed by atoms with Gasteiger partial charge >= 0.3 is 0 Å². The number of hydrogen-bond acceptors (Lipinski definition) is 4. The predicted molar refractivity (Wildman–Crippen MR) is 72.7 cm³/mol. The molecule has 0 fully saturated rings. The van der Waals surface area contributed by atoms with Crippen LogP contribution in [0.5, 0.6) is 0 Å². The van der Waals surface area contributed by atoms with Crippen molar-refractivity contribution in [3.63, 3.8) is 0 Å². The summed E-state index contributed by atoms with van der Waals surface area (Å²) in [7, 11) is 0. The summed E-state index contributed by atoms with van der Waals surface area (Å²) in [6.45, 7) is 4.96. The van der Waals surface area contributed by atoms with Gasteiger partial charge in [-0.2, -0.15) is 5.26 Å². The molecule has 98 valence electrons. The first kappa shape index (κ1) is 13.6. The predicted octanol–water partition coefficient (Wildman–Crippen LogP) is 3.11. The van der Waals surface area contributed by atoms with Gasteiger partial charge in [-0.05, 0) is 31.5 Å². The van der Waals surface area contributed by atoms with E-state index in [2.05, 4.69) is 16.4 Å². The van der Waals surface area contributed by atoms with Crippen molar-refractivity contribution < 1.29 is 4.42 Å². The molecule has 19 heavy (non-hydrogen) atoms. The topological polar surface area (TPSA) is 61.9 Å². The summed E-state index contributed by atoms with van der Waals surface area (Å²) in [6, 6.07) is 7.32. The minimum Gasteiger partial charge on any atom is -0.444 e. The van der Waals surface area contributed by atoms with E-state index in [4.69, 9.17) is 21.3 Å². The van der Waals surface area contributed by atoms with Crippen LogP contribution in [0.1, 0.15) is 28.5 Å². The first-order valence-corrected chi connectivity index (χ1v) is 6.30. The van der Waals surface area contributed by atoms with Gasteiger partial charge in [0.05, 0.1) is 23.9 Å². The van der Waals surface area contributed by atoms with Crippen molar-refractivity contribution in [2.75, 3.05) is 0 Å². The van der Waals surface area contributed by atoms with Crippen LogP contribution >= 0.6 is 11.6 Å². The summed E-state index contributed by atoms with van der Waals surface area (Å²) in [5.74, 6) is 1.51. The molecule has 0 aliphatic rings. The summed E-state index contributed by atoms with van der Waals surface area (Å²) < 4.78 is 5.47. The van der Waals surface area contributed by atoms with Crippen LogP contribution in [0.3, 0.4) is 0 Å². The number of aryl methyl sites for hydroxylation is 2. The number of rotatable bonds is 4. The van der Waals surface area contributed by atoms with Gasteiger partial charge in [-0.25, -0.2) is 4.98 Å². The van der Waals surface area contributed by atoms with E-state index in [1.54, 1.807) is 12.1 Å². The summed E-state index contributed by atoms with van der Waals surface area (Å²) >= 11 is 6.09. The van der Waals surface area contributed by atoms with Crippen molar-refractivity contribution in [3.8, 4) is 6.07 Å². The van der Waals surface area contributed by atoms with E-state index in [1.807, 2.05) is 19.9 Å². The molecule has 0 radical (unpaired) electrons. The molecule has 0 atom stereocenters. The highest BCUT2D eigenvalue weighted by atomic mass is 35.5. The van der Waals surface area contributed by atoms with Gasteiger partial charge in [0.2, 0.25) is 5.89 Å². The fraction of sp³-hybridized carbons (Fsp3) is 0.286. The zero-order chi connectivity index (χ0) is 13.8. The lowest BCUT2D eigenvalue weighted by molar-refractivity contribution is 0.448. The summed E-state index contributed by atoms with van der Waals surface area (Å²) in [5, 5.41) is 12.6. The van der Waals surface area contributed by atoms with Crippen molar-refractivity contribution in [2.24, 2.45) is 0 Å². The lowest BCUT2D eigenvalue weighted by Crippen LogP contribution is -2.13. The van der Waals surface area contributed by atoms with Gasteiger partial charge in [0.15, 0.2) is 0 Å². The van der Waals surface area contributed by atoms with Gasteiger partial charge < -0.3 is 9.73 Å². The lowest BCUT2D eigenvalue weighted by Gasteiger charge is -2.05. The van der Waals surface area contributed by atoms with Crippen molar-refractivity contribution >= 4 is 11.6 Å². The Kier molecular flexibility index (Phi) is 4.20. The fourth-order valence-corrected chi connectivity index (χ4v) is 1.93. The molecular weight excluding hydrogens is 262 g/mol. The fourth-order valence-electron chi connectivity index (χ4n) is 1.68. The van der Waals surface area contributed by atoms with Crippen molar-refractivity contribution in [1.29, 1.82) is 5.26 Å². The minimum absolute atomic E-state index is 0.547. The van der Waals surface area contributed by atoms with E-state index in [0.717, 1.165) is 17.0 Å². The van der Waals surface area contributed by atoms with E-state index < -0.39 is 0 Å². The number of nitrogens with one attached hydrogen (secondary N) is 1. The van der Waals surface area contributed by atoms with Gasteiger partial charge in [-0.1, -0.05) is 17.7 Å². The highest BCUT2D eigenvalue weighted by Crippen LogP contribution is 2.17. The van der Waals surface area contributed by atoms with Gasteiger partial charge in [-0.15, -0.1) is 0 Å². The molecule has 0 aliphatic carbocycles. The standard InChI is InChI=1S/C14H14ClN3O/c1-9-10(2)19-14(18-9)8-17-7-12-4-3-11(6-16)5-13(12)15/h3-5,17H,7-8H2,1-2H3. The zero-order valence-corrected chi connectivity index (χ0v) is 11.6. The van der Waals surface area contributed by atoms with Crippen LogP contribution in [0, 0.1) is 25.2 Å². The molecule has 0 saturated carbocycles. The van der Waals surface area contributed by atoms with Crippen LogP contribution in [0.2, 0.25) is 5.02 Å². The van der Waals surface area contributed by atoms with Gasteiger partial charge in [0.1, 0.15) is 5.76 Å². The van der Waals surface area contributed by atoms with Crippen LogP contribution in [-0.4, -0.2) is 4.98 Å². The Morgan fingerprint density at radius 2 is 2.16 bits per heavy atom. The molecule has 1 aromatic heterocycles. The maximum absolute atomic E-state index is 8.76. The third-order valence-electron chi connectivity index (χ3n) is 2.85. The lowest BCUT2D eigenvalue weighted by atomic mass is 10.1. The van der Waals surface area contributed by atoms with Crippen molar-refractivity contribution in [3.05, 3.63) is 51.7 Å². The molecule has 0 unspecified atom stereocenters. The van der Waals surface area contributed by atoms with Crippen molar-refractivity contribution in [2.45, 2.75) is 26.9 Å². The number of nitrogens with zero attached hydrogens (tertiary/aromatic N) is 2. The number of oxazole rings is 1. The third kappa shape index (κ3) is 3.34. The van der Waals surface area contributed by atoms with Crippen LogP contribution in [0.4, 0.5) is 0 Å². The van der Waals surface area contributed by atoms with E-state index >= 15 is 0 Å². The second-order valence-corrected chi connectivity index (χ2v) is 4.68. The zero-order valence-electron chi connectivity index (χ0n) is 10.8. The third-order valence-corrected chi connectivity index (χ3v) is 3.20. The highest BCUT2D eigenvalue weighted by molar-refractivity contribution is 6.31. The van der Waals surface area contributed by atoms with Gasteiger partial charge in [-0.3, -0.25) is 0 Å². The van der Waals surface area contributed by atoms with Crippen LogP contribution in [0.15, 0.2) is 22.6 Å². The number of benzene rings is 1. The largest absolute Gasteiger partial charge is 0.444 e. The minimum atomic E-state index is 0.547.